The largest absolute Gasteiger partial charge is 0.468 e. The van der Waals surface area contributed by atoms with Gasteiger partial charge >= 0.3 is 0 Å². The van der Waals surface area contributed by atoms with E-state index in [2.05, 4.69) is 271 Å². The summed E-state index contributed by atoms with van der Waals surface area (Å²) in [6.07, 6.45) is 6.86. The van der Waals surface area contributed by atoms with Gasteiger partial charge in [-0.2, -0.15) is 0 Å². The van der Waals surface area contributed by atoms with Gasteiger partial charge in [-0.1, -0.05) is 171 Å². The molecule has 8 aromatic carbocycles. The van der Waals surface area contributed by atoms with Crippen molar-refractivity contribution in [3.8, 4) is 0 Å². The number of aryl methyl sites for hydroxylation is 1. The molecule has 0 unspecified atom stereocenters. The van der Waals surface area contributed by atoms with Crippen molar-refractivity contribution in [1.82, 2.24) is 0 Å². The fraction of sp³-hybridized carbons (Fsp3) is 0.367. The summed E-state index contributed by atoms with van der Waals surface area (Å²) in [4.78, 5) is 7.92. The molecular formula is C79H84BN3OS. The predicted molar refractivity (Wildman–Crippen MR) is 367 cm³/mol. The van der Waals surface area contributed by atoms with Crippen molar-refractivity contribution in [2.45, 2.75) is 187 Å². The zero-order valence-electron chi connectivity index (χ0n) is 53.3. The lowest BCUT2D eigenvalue weighted by atomic mass is 9.35. The summed E-state index contributed by atoms with van der Waals surface area (Å²) in [6, 6.07) is 57.6. The standard InChI is InChI=1S/C79H84BN3OS/c1-47-38-57-60(78(13,14)36-34-75(57,7)8)45-64(47)83-63-31-26-48(73(2,3)4)39-62(63)80-70-65(41-52(42-66(70)83)81(49-22-18-17-19-23-49)51-27-29-54-53-24-20-21-25-68(53)85-69(54)43-51)82(50-28-30-56-58(40-50)76(9,10)33-32-74(56,5)6)71-55-44-59-61(46-67(55)84-72(71)80)79(15,16)37-35-77(59,11)12/h17-31,38-46H,32-37H2,1-16H3. The molecule has 0 bridgehead atoms. The molecule has 0 atom stereocenters. The molecule has 0 radical (unpaired) electrons. The van der Waals surface area contributed by atoms with Gasteiger partial charge in [-0.3, -0.25) is 0 Å². The normalized spacial score (nSPS) is 19.0. The maximum Gasteiger partial charge on any atom is 0.297 e. The Morgan fingerprint density at radius 1 is 0.447 bits per heavy atom. The highest BCUT2D eigenvalue weighted by molar-refractivity contribution is 7.25. The second-order valence-corrected chi connectivity index (χ2v) is 32.5. The Morgan fingerprint density at radius 2 is 1.01 bits per heavy atom. The summed E-state index contributed by atoms with van der Waals surface area (Å²) in [6.45, 7) is 38.8. The minimum Gasteiger partial charge on any atom is -0.468 e. The molecule has 0 saturated heterocycles. The lowest BCUT2D eigenvalue weighted by Gasteiger charge is -2.46. The molecule has 15 rings (SSSR count). The molecule has 0 saturated carbocycles. The van der Waals surface area contributed by atoms with Crippen LogP contribution in [0.5, 0.6) is 0 Å². The number of nitrogens with zero attached hydrogens (tertiary/aromatic N) is 3. The highest BCUT2D eigenvalue weighted by atomic mass is 32.1. The maximum atomic E-state index is 7.89. The van der Waals surface area contributed by atoms with Crippen LogP contribution in [0, 0.1) is 6.92 Å². The fourth-order valence-corrected chi connectivity index (χ4v) is 17.3. The number of fused-ring (bicyclic) bond motifs is 12. The molecule has 5 aliphatic rings. The molecule has 0 fully saturated rings. The Labute approximate surface area is 510 Å². The van der Waals surface area contributed by atoms with Crippen LogP contribution in [0.4, 0.5) is 51.2 Å². The Balaban J connectivity index is 1.11. The molecule has 0 amide bonds. The van der Waals surface area contributed by atoms with Crippen molar-refractivity contribution in [3.05, 3.63) is 190 Å². The second kappa shape index (κ2) is 18.0. The van der Waals surface area contributed by atoms with Gasteiger partial charge in [0.25, 0.3) is 6.71 Å². The van der Waals surface area contributed by atoms with E-state index >= 15 is 0 Å². The minimum absolute atomic E-state index is 0.00175. The topological polar surface area (TPSA) is 22.9 Å². The van der Waals surface area contributed by atoms with Crippen molar-refractivity contribution >= 4 is 117 Å². The first kappa shape index (κ1) is 54.6. The van der Waals surface area contributed by atoms with Crippen LogP contribution >= 0.6 is 11.3 Å². The number of hydrogen-bond donors (Lipinski definition) is 0. The molecule has 6 heteroatoms. The number of para-hydroxylation sites is 1. The van der Waals surface area contributed by atoms with Crippen LogP contribution < -0.4 is 31.3 Å². The molecule has 2 aromatic heterocycles. The van der Waals surface area contributed by atoms with Gasteiger partial charge in [0, 0.05) is 65.4 Å². The molecule has 85 heavy (non-hydrogen) atoms. The van der Waals surface area contributed by atoms with Crippen molar-refractivity contribution in [3.63, 3.8) is 0 Å². The minimum atomic E-state index is -0.217. The summed E-state index contributed by atoms with van der Waals surface area (Å²) < 4.78 is 10.5. The van der Waals surface area contributed by atoms with Gasteiger partial charge in [0.2, 0.25) is 0 Å². The second-order valence-electron chi connectivity index (χ2n) is 31.4. The number of thiophene rings is 1. The monoisotopic (exact) mass is 1130 g/mol. The van der Waals surface area contributed by atoms with Crippen LogP contribution in [-0.4, -0.2) is 6.71 Å². The van der Waals surface area contributed by atoms with Gasteiger partial charge in [-0.15, -0.1) is 11.3 Å². The van der Waals surface area contributed by atoms with Crippen molar-refractivity contribution in [2.24, 2.45) is 0 Å². The third kappa shape index (κ3) is 8.18. The number of benzene rings is 8. The molecule has 3 aliphatic carbocycles. The molecule has 4 nitrogen and oxygen atoms in total. The van der Waals surface area contributed by atoms with Crippen molar-refractivity contribution in [2.75, 3.05) is 14.7 Å². The van der Waals surface area contributed by atoms with E-state index in [9.17, 15) is 0 Å². The van der Waals surface area contributed by atoms with E-state index in [0.29, 0.717) is 0 Å². The zero-order valence-corrected chi connectivity index (χ0v) is 54.2. The molecule has 4 heterocycles. The van der Waals surface area contributed by atoms with Gasteiger partial charge < -0.3 is 19.1 Å². The van der Waals surface area contributed by atoms with E-state index in [4.69, 9.17) is 4.42 Å². The zero-order chi connectivity index (χ0) is 59.4. The lowest BCUT2D eigenvalue weighted by molar-refractivity contribution is 0.332. The molecule has 0 spiro atoms. The average molecular weight is 1130 g/mol. The average Bonchev–Trinajstić information content (AvgIpc) is 1.81. The summed E-state index contributed by atoms with van der Waals surface area (Å²) in [5, 5.41) is 3.80. The molecule has 2 aliphatic heterocycles. The van der Waals surface area contributed by atoms with Gasteiger partial charge in [0.15, 0.2) is 0 Å². The van der Waals surface area contributed by atoms with Crippen LogP contribution in [0.25, 0.3) is 31.1 Å². The first-order chi connectivity index (χ1) is 40.1. The smallest absolute Gasteiger partial charge is 0.297 e. The van der Waals surface area contributed by atoms with Crippen LogP contribution in [0.15, 0.2) is 150 Å². The van der Waals surface area contributed by atoms with Gasteiger partial charge in [0.1, 0.15) is 5.58 Å². The Kier molecular flexibility index (Phi) is 11.6. The van der Waals surface area contributed by atoms with Crippen LogP contribution in [0.3, 0.4) is 0 Å². The Bertz CT molecular complexity index is 4460. The summed E-state index contributed by atoms with van der Waals surface area (Å²) in [5.41, 5.74) is 26.4. The Hall–Kier alpha value is -7.02. The predicted octanol–water partition coefficient (Wildman–Crippen LogP) is 21.0. The van der Waals surface area contributed by atoms with E-state index < -0.39 is 0 Å². The highest BCUT2D eigenvalue weighted by Gasteiger charge is 2.50. The van der Waals surface area contributed by atoms with E-state index in [-0.39, 0.29) is 44.6 Å². The van der Waals surface area contributed by atoms with Gasteiger partial charge in [-0.05, 0) is 218 Å². The first-order valence-corrected chi connectivity index (χ1v) is 32.5. The number of anilines is 9. The SMILES string of the molecule is Cc1cc2c(cc1N1c3ccc(C(C)(C)C)cc3B3c4oc5cc6c(cc5c4N(c4ccc5c(c4)C(C)(C)CCC5(C)C)c4cc(N(c5ccccc5)c5ccc7c(c5)sc5ccccc57)cc1c43)C(C)(C)CCC6(C)C)C(C)(C)CCC2(C)C. The first-order valence-electron chi connectivity index (χ1n) is 31.7. The summed E-state index contributed by atoms with van der Waals surface area (Å²) in [7, 11) is 0. The van der Waals surface area contributed by atoms with Gasteiger partial charge in [0.05, 0.1) is 17.0 Å². The summed E-state index contributed by atoms with van der Waals surface area (Å²) >= 11 is 1.89. The fourth-order valence-electron chi connectivity index (χ4n) is 16.2. The number of hydrogen-bond acceptors (Lipinski definition) is 5. The lowest BCUT2D eigenvalue weighted by Crippen LogP contribution is -2.61. The summed E-state index contributed by atoms with van der Waals surface area (Å²) in [5.74, 6) is 0. The van der Waals surface area contributed by atoms with Gasteiger partial charge in [-0.25, -0.2) is 0 Å². The molecular weight excluding hydrogens is 1050 g/mol. The molecule has 10 aromatic rings. The number of rotatable bonds is 5. The van der Waals surface area contributed by atoms with Crippen molar-refractivity contribution in [1.29, 1.82) is 0 Å². The Morgan fingerprint density at radius 3 is 1.67 bits per heavy atom. The van der Waals surface area contributed by atoms with Crippen LogP contribution in [0.1, 0.15) is 187 Å². The molecule has 0 N–H and O–H groups in total. The van der Waals surface area contributed by atoms with E-state index in [0.717, 1.165) is 66.1 Å². The van der Waals surface area contributed by atoms with E-state index in [1.54, 1.807) is 0 Å². The van der Waals surface area contributed by atoms with E-state index in [1.165, 1.54) is 116 Å². The molecule has 430 valence electrons. The maximum absolute atomic E-state index is 7.89. The quantitative estimate of drug-likeness (QED) is 0.160. The third-order valence-corrected chi connectivity index (χ3v) is 23.0. The van der Waals surface area contributed by atoms with Crippen LogP contribution in [0.2, 0.25) is 0 Å². The van der Waals surface area contributed by atoms with E-state index in [1.807, 2.05) is 11.3 Å². The van der Waals surface area contributed by atoms with Crippen LogP contribution in [-0.2, 0) is 37.9 Å². The third-order valence-electron chi connectivity index (χ3n) is 21.9. The highest BCUT2D eigenvalue weighted by Crippen LogP contribution is 2.57. The van der Waals surface area contributed by atoms with Crippen molar-refractivity contribution < 1.29 is 4.42 Å². The number of furan rings is 1.